The summed E-state index contributed by atoms with van der Waals surface area (Å²) in [6.07, 6.45) is 2.97. The first-order valence-electron chi connectivity index (χ1n) is 7.47. The lowest BCUT2D eigenvalue weighted by Gasteiger charge is -2.35. The molecule has 0 unspecified atom stereocenters. The molecule has 0 spiro atoms. The van der Waals surface area contributed by atoms with Crippen molar-refractivity contribution in [2.75, 3.05) is 42.6 Å². The second-order valence-electron chi connectivity index (χ2n) is 5.53. The minimum absolute atomic E-state index is 0.143. The van der Waals surface area contributed by atoms with E-state index in [0.29, 0.717) is 5.91 Å². The van der Waals surface area contributed by atoms with Crippen LogP contribution in [0.3, 0.4) is 0 Å². The quantitative estimate of drug-likeness (QED) is 0.837. The van der Waals surface area contributed by atoms with Crippen molar-refractivity contribution in [1.82, 2.24) is 9.88 Å². The highest BCUT2D eigenvalue weighted by atomic mass is 32.2. The number of hydrogen-bond acceptors (Lipinski definition) is 4. The molecule has 114 valence electrons. The van der Waals surface area contributed by atoms with Crippen LogP contribution in [0, 0.1) is 11.7 Å². The van der Waals surface area contributed by atoms with E-state index in [-0.39, 0.29) is 11.7 Å². The predicted octanol–water partition coefficient (Wildman–Crippen LogP) is 2.01. The zero-order valence-corrected chi connectivity index (χ0v) is 12.8. The van der Waals surface area contributed by atoms with E-state index >= 15 is 0 Å². The zero-order chi connectivity index (χ0) is 14.7. The number of amides is 1. The lowest BCUT2D eigenvalue weighted by molar-refractivity contribution is -0.135. The summed E-state index contributed by atoms with van der Waals surface area (Å²) in [5, 5.41) is 0. The Labute approximate surface area is 128 Å². The lowest BCUT2D eigenvalue weighted by Crippen LogP contribution is -2.45. The van der Waals surface area contributed by atoms with Gasteiger partial charge in [0.2, 0.25) is 5.91 Å². The topological polar surface area (TPSA) is 36.4 Å². The van der Waals surface area contributed by atoms with Gasteiger partial charge in [-0.05, 0) is 25.0 Å². The third kappa shape index (κ3) is 3.48. The van der Waals surface area contributed by atoms with Gasteiger partial charge in [0, 0.05) is 43.6 Å². The Morgan fingerprint density at radius 3 is 2.52 bits per heavy atom. The third-order valence-electron chi connectivity index (χ3n) is 4.20. The van der Waals surface area contributed by atoms with Gasteiger partial charge < -0.3 is 9.80 Å². The SMILES string of the molecule is O=C(C1CCN(c2ccc(F)cn2)CC1)N1CCSCC1. The van der Waals surface area contributed by atoms with E-state index < -0.39 is 0 Å². The normalized spacial score (nSPS) is 20.6. The molecule has 3 rings (SSSR count). The predicted molar refractivity (Wildman–Crippen MR) is 83.0 cm³/mol. The Morgan fingerprint density at radius 2 is 1.90 bits per heavy atom. The number of pyridine rings is 1. The maximum absolute atomic E-state index is 12.9. The molecule has 0 aromatic carbocycles. The summed E-state index contributed by atoms with van der Waals surface area (Å²) in [7, 11) is 0. The van der Waals surface area contributed by atoms with E-state index in [1.807, 2.05) is 16.7 Å². The Bertz CT molecular complexity index is 482. The molecule has 0 N–H and O–H groups in total. The van der Waals surface area contributed by atoms with Crippen LogP contribution in [0.15, 0.2) is 18.3 Å². The van der Waals surface area contributed by atoms with Crippen LogP contribution in [0.5, 0.6) is 0 Å². The summed E-state index contributed by atoms with van der Waals surface area (Å²) in [5.74, 6) is 3.07. The number of aromatic nitrogens is 1. The molecule has 21 heavy (non-hydrogen) atoms. The number of carbonyl (C=O) groups is 1. The maximum Gasteiger partial charge on any atom is 0.225 e. The molecule has 4 nitrogen and oxygen atoms in total. The molecule has 6 heteroatoms. The van der Waals surface area contributed by atoms with Crippen molar-refractivity contribution in [1.29, 1.82) is 0 Å². The molecule has 0 bridgehead atoms. The zero-order valence-electron chi connectivity index (χ0n) is 12.0. The van der Waals surface area contributed by atoms with Crippen LogP contribution in [0.4, 0.5) is 10.2 Å². The third-order valence-corrected chi connectivity index (χ3v) is 5.15. The molecular formula is C15H20FN3OS. The molecule has 1 aromatic rings. The molecule has 3 heterocycles. The molecule has 1 amide bonds. The van der Waals surface area contributed by atoms with Crippen molar-refractivity contribution < 1.29 is 9.18 Å². The average Bonchev–Trinajstić information content (AvgIpc) is 2.56. The second-order valence-corrected chi connectivity index (χ2v) is 6.76. The van der Waals surface area contributed by atoms with E-state index in [1.165, 1.54) is 12.3 Å². The lowest BCUT2D eigenvalue weighted by atomic mass is 9.95. The molecule has 2 aliphatic heterocycles. The summed E-state index contributed by atoms with van der Waals surface area (Å²) >= 11 is 1.92. The maximum atomic E-state index is 12.9. The van der Waals surface area contributed by atoms with Crippen LogP contribution in [0.25, 0.3) is 0 Å². The molecule has 2 aliphatic rings. The standard InChI is InChI=1S/C15H20FN3OS/c16-13-1-2-14(17-11-13)18-5-3-12(4-6-18)15(20)19-7-9-21-10-8-19/h1-2,11-12H,3-10H2. The van der Waals surface area contributed by atoms with Gasteiger partial charge in [-0.3, -0.25) is 4.79 Å². The molecule has 0 aliphatic carbocycles. The van der Waals surface area contributed by atoms with E-state index in [0.717, 1.165) is 56.3 Å². The van der Waals surface area contributed by atoms with Gasteiger partial charge in [-0.2, -0.15) is 11.8 Å². The van der Waals surface area contributed by atoms with Gasteiger partial charge in [0.1, 0.15) is 11.6 Å². The summed E-state index contributed by atoms with van der Waals surface area (Å²) < 4.78 is 12.9. The summed E-state index contributed by atoms with van der Waals surface area (Å²) in [5.41, 5.74) is 0. The van der Waals surface area contributed by atoms with Crippen LogP contribution in [0.1, 0.15) is 12.8 Å². The number of hydrogen-bond donors (Lipinski definition) is 0. The Hall–Kier alpha value is -1.30. The van der Waals surface area contributed by atoms with Gasteiger partial charge in [0.15, 0.2) is 0 Å². The summed E-state index contributed by atoms with van der Waals surface area (Å²) in [6, 6.07) is 3.14. The largest absolute Gasteiger partial charge is 0.357 e. The van der Waals surface area contributed by atoms with E-state index in [4.69, 9.17) is 0 Å². The summed E-state index contributed by atoms with van der Waals surface area (Å²) in [4.78, 5) is 20.7. The van der Waals surface area contributed by atoms with Crippen LogP contribution in [0.2, 0.25) is 0 Å². The minimum Gasteiger partial charge on any atom is -0.357 e. The molecule has 1 aromatic heterocycles. The van der Waals surface area contributed by atoms with Crippen molar-refractivity contribution >= 4 is 23.5 Å². The average molecular weight is 309 g/mol. The van der Waals surface area contributed by atoms with E-state index in [9.17, 15) is 9.18 Å². The van der Waals surface area contributed by atoms with Crippen LogP contribution in [-0.2, 0) is 4.79 Å². The monoisotopic (exact) mass is 309 g/mol. The fraction of sp³-hybridized carbons (Fsp3) is 0.600. The van der Waals surface area contributed by atoms with Gasteiger partial charge >= 0.3 is 0 Å². The Kier molecular flexibility index (Phi) is 4.63. The van der Waals surface area contributed by atoms with Crippen molar-refractivity contribution in [3.63, 3.8) is 0 Å². The van der Waals surface area contributed by atoms with E-state index in [1.54, 1.807) is 6.07 Å². The van der Waals surface area contributed by atoms with Crippen LogP contribution in [-0.4, -0.2) is 53.5 Å². The van der Waals surface area contributed by atoms with Gasteiger partial charge in [0.25, 0.3) is 0 Å². The number of halogens is 1. The second kappa shape index (κ2) is 6.64. The molecule has 0 radical (unpaired) electrons. The highest BCUT2D eigenvalue weighted by Gasteiger charge is 2.29. The van der Waals surface area contributed by atoms with Gasteiger partial charge in [-0.25, -0.2) is 9.37 Å². The first-order valence-corrected chi connectivity index (χ1v) is 8.62. The highest BCUT2D eigenvalue weighted by Crippen LogP contribution is 2.24. The molecule has 0 saturated carbocycles. The number of nitrogens with zero attached hydrogens (tertiary/aromatic N) is 3. The van der Waals surface area contributed by atoms with Gasteiger partial charge in [-0.15, -0.1) is 0 Å². The van der Waals surface area contributed by atoms with Crippen molar-refractivity contribution in [2.24, 2.45) is 5.92 Å². The van der Waals surface area contributed by atoms with Crippen molar-refractivity contribution in [3.8, 4) is 0 Å². The molecule has 2 saturated heterocycles. The Morgan fingerprint density at radius 1 is 1.19 bits per heavy atom. The number of carbonyl (C=O) groups excluding carboxylic acids is 1. The van der Waals surface area contributed by atoms with Crippen molar-refractivity contribution in [2.45, 2.75) is 12.8 Å². The molecular weight excluding hydrogens is 289 g/mol. The number of anilines is 1. The number of piperidine rings is 1. The van der Waals surface area contributed by atoms with Crippen molar-refractivity contribution in [3.05, 3.63) is 24.1 Å². The van der Waals surface area contributed by atoms with Crippen LogP contribution < -0.4 is 4.90 Å². The first kappa shape index (κ1) is 14.6. The smallest absolute Gasteiger partial charge is 0.225 e. The number of thioether (sulfide) groups is 1. The minimum atomic E-state index is -0.313. The van der Waals surface area contributed by atoms with Gasteiger partial charge in [-0.1, -0.05) is 0 Å². The molecule has 2 fully saturated rings. The Balaban J connectivity index is 1.54. The fourth-order valence-electron chi connectivity index (χ4n) is 2.95. The first-order chi connectivity index (χ1) is 10.2. The summed E-state index contributed by atoms with van der Waals surface area (Å²) in [6.45, 7) is 3.42. The van der Waals surface area contributed by atoms with Gasteiger partial charge in [0.05, 0.1) is 6.20 Å². The van der Waals surface area contributed by atoms with E-state index in [2.05, 4.69) is 9.88 Å². The fourth-order valence-corrected chi connectivity index (χ4v) is 3.86. The van der Waals surface area contributed by atoms with Crippen LogP contribution >= 0.6 is 11.8 Å². The number of rotatable bonds is 2. The highest BCUT2D eigenvalue weighted by molar-refractivity contribution is 7.99. The molecule has 0 atom stereocenters.